The van der Waals surface area contributed by atoms with Crippen molar-refractivity contribution in [3.8, 4) is 0 Å². The van der Waals surface area contributed by atoms with Crippen molar-refractivity contribution in [2.45, 2.75) is 26.2 Å². The maximum Gasteiger partial charge on any atom is 0.255 e. The van der Waals surface area contributed by atoms with E-state index in [4.69, 9.17) is 0 Å². The number of carbonyl (C=O) groups is 2. The second kappa shape index (κ2) is 6.24. The van der Waals surface area contributed by atoms with Gasteiger partial charge in [-0.05, 0) is 67.1 Å². The lowest BCUT2D eigenvalue weighted by atomic mass is 10.1. The zero-order valence-corrected chi connectivity index (χ0v) is 13.4. The summed E-state index contributed by atoms with van der Waals surface area (Å²) in [6, 6.07) is 11.2. The lowest BCUT2D eigenvalue weighted by Crippen LogP contribution is -2.19. The number of nitrogens with one attached hydrogen (secondary N) is 2. The molecule has 3 rings (SSSR count). The molecule has 1 aliphatic carbocycles. The highest BCUT2D eigenvalue weighted by Crippen LogP contribution is 2.24. The van der Waals surface area contributed by atoms with Crippen molar-refractivity contribution >= 4 is 17.5 Å². The van der Waals surface area contributed by atoms with Gasteiger partial charge in [-0.2, -0.15) is 0 Å². The Balaban J connectivity index is 1.84. The summed E-state index contributed by atoms with van der Waals surface area (Å²) >= 11 is 0. The van der Waals surface area contributed by atoms with Crippen molar-refractivity contribution in [3.05, 3.63) is 64.2 Å². The van der Waals surface area contributed by atoms with Crippen LogP contribution in [0.2, 0.25) is 0 Å². The Bertz CT molecular complexity index is 781. The van der Waals surface area contributed by atoms with E-state index in [1.54, 1.807) is 19.2 Å². The van der Waals surface area contributed by atoms with E-state index in [1.165, 1.54) is 11.1 Å². The van der Waals surface area contributed by atoms with Gasteiger partial charge >= 0.3 is 0 Å². The van der Waals surface area contributed by atoms with Crippen molar-refractivity contribution < 1.29 is 9.59 Å². The normalized spacial score (nSPS) is 12.6. The summed E-state index contributed by atoms with van der Waals surface area (Å²) in [6.07, 6.45) is 3.31. The second-order valence-electron chi connectivity index (χ2n) is 5.90. The van der Waals surface area contributed by atoms with E-state index in [-0.39, 0.29) is 11.8 Å². The van der Waals surface area contributed by atoms with Crippen LogP contribution in [-0.4, -0.2) is 18.9 Å². The standard InChI is InChI=1S/C19H20N2O2/c1-12-6-7-16(18(22)20-2)11-17(12)21-19(23)15-9-8-13-4-3-5-14(13)10-15/h6-11H,3-5H2,1-2H3,(H,20,22)(H,21,23). The fourth-order valence-electron chi connectivity index (χ4n) is 2.95. The van der Waals surface area contributed by atoms with Crippen LogP contribution in [0.5, 0.6) is 0 Å². The Kier molecular flexibility index (Phi) is 4.15. The minimum atomic E-state index is -0.168. The smallest absolute Gasteiger partial charge is 0.255 e. The summed E-state index contributed by atoms with van der Waals surface area (Å²) in [4.78, 5) is 24.2. The molecule has 0 spiro atoms. The lowest BCUT2D eigenvalue weighted by molar-refractivity contribution is 0.0961. The van der Waals surface area contributed by atoms with E-state index >= 15 is 0 Å². The molecule has 0 saturated carbocycles. The maximum atomic E-state index is 12.5. The summed E-state index contributed by atoms with van der Waals surface area (Å²) in [5, 5.41) is 5.51. The topological polar surface area (TPSA) is 58.2 Å². The molecule has 4 nitrogen and oxygen atoms in total. The number of hydrogen-bond acceptors (Lipinski definition) is 2. The highest BCUT2D eigenvalue weighted by Gasteiger charge is 2.15. The molecule has 2 aromatic carbocycles. The Morgan fingerprint density at radius 1 is 0.913 bits per heavy atom. The van der Waals surface area contributed by atoms with Gasteiger partial charge in [-0.25, -0.2) is 0 Å². The Labute approximate surface area is 135 Å². The van der Waals surface area contributed by atoms with Gasteiger partial charge in [-0.15, -0.1) is 0 Å². The molecule has 0 atom stereocenters. The fraction of sp³-hybridized carbons (Fsp3) is 0.263. The van der Waals surface area contributed by atoms with Crippen LogP contribution in [0.1, 0.15) is 43.8 Å². The van der Waals surface area contributed by atoms with Gasteiger partial charge in [0.05, 0.1) is 0 Å². The third-order valence-electron chi connectivity index (χ3n) is 4.34. The number of anilines is 1. The molecule has 0 unspecified atom stereocenters. The minimum Gasteiger partial charge on any atom is -0.355 e. The summed E-state index contributed by atoms with van der Waals surface area (Å²) in [6.45, 7) is 1.91. The lowest BCUT2D eigenvalue weighted by Gasteiger charge is -2.11. The van der Waals surface area contributed by atoms with Gasteiger partial charge < -0.3 is 10.6 Å². The molecule has 0 radical (unpaired) electrons. The number of amides is 2. The van der Waals surface area contributed by atoms with Crippen LogP contribution in [0.4, 0.5) is 5.69 Å². The molecule has 0 bridgehead atoms. The summed E-state index contributed by atoms with van der Waals surface area (Å²) in [5.74, 6) is -0.310. The molecule has 0 saturated heterocycles. The molecule has 118 valence electrons. The molecule has 23 heavy (non-hydrogen) atoms. The number of carbonyl (C=O) groups excluding carboxylic acids is 2. The first-order valence-corrected chi connectivity index (χ1v) is 7.84. The Hall–Kier alpha value is -2.62. The molecular formula is C19H20N2O2. The van der Waals surface area contributed by atoms with Gasteiger partial charge in [0.2, 0.25) is 0 Å². The van der Waals surface area contributed by atoms with Gasteiger partial charge in [0.25, 0.3) is 11.8 Å². The molecule has 0 fully saturated rings. The third-order valence-corrected chi connectivity index (χ3v) is 4.34. The van der Waals surface area contributed by atoms with Crippen molar-refractivity contribution in [2.24, 2.45) is 0 Å². The summed E-state index contributed by atoms with van der Waals surface area (Å²) < 4.78 is 0. The monoisotopic (exact) mass is 308 g/mol. The third kappa shape index (κ3) is 3.11. The number of benzene rings is 2. The van der Waals surface area contributed by atoms with Crippen LogP contribution in [-0.2, 0) is 12.8 Å². The molecule has 2 N–H and O–H groups in total. The van der Waals surface area contributed by atoms with Crippen molar-refractivity contribution in [1.82, 2.24) is 5.32 Å². The number of fused-ring (bicyclic) bond motifs is 1. The molecule has 0 heterocycles. The molecule has 0 aliphatic heterocycles. The zero-order valence-electron chi connectivity index (χ0n) is 13.4. The van der Waals surface area contributed by atoms with Crippen molar-refractivity contribution in [1.29, 1.82) is 0 Å². The first-order valence-electron chi connectivity index (χ1n) is 7.84. The fourth-order valence-corrected chi connectivity index (χ4v) is 2.95. The SMILES string of the molecule is CNC(=O)c1ccc(C)c(NC(=O)c2ccc3c(c2)CCC3)c1. The van der Waals surface area contributed by atoms with Crippen LogP contribution in [0, 0.1) is 6.92 Å². The van der Waals surface area contributed by atoms with Gasteiger partial charge in [-0.1, -0.05) is 12.1 Å². The predicted molar refractivity (Wildman–Crippen MR) is 91.0 cm³/mol. The van der Waals surface area contributed by atoms with Crippen molar-refractivity contribution in [2.75, 3.05) is 12.4 Å². The van der Waals surface area contributed by atoms with Gasteiger partial charge in [-0.3, -0.25) is 9.59 Å². The van der Waals surface area contributed by atoms with Gasteiger partial charge in [0.15, 0.2) is 0 Å². The molecule has 2 amide bonds. The van der Waals surface area contributed by atoms with E-state index in [0.29, 0.717) is 16.8 Å². The highest BCUT2D eigenvalue weighted by atomic mass is 16.2. The minimum absolute atomic E-state index is 0.142. The van der Waals surface area contributed by atoms with Crippen LogP contribution in [0.15, 0.2) is 36.4 Å². The second-order valence-corrected chi connectivity index (χ2v) is 5.90. The van der Waals surface area contributed by atoms with E-state index in [1.807, 2.05) is 31.2 Å². The maximum absolute atomic E-state index is 12.5. The molecular weight excluding hydrogens is 288 g/mol. The molecule has 2 aromatic rings. The van der Waals surface area contributed by atoms with Crippen molar-refractivity contribution in [3.63, 3.8) is 0 Å². The van der Waals surface area contributed by atoms with Crippen LogP contribution >= 0.6 is 0 Å². The summed E-state index contributed by atoms with van der Waals surface area (Å²) in [5.41, 5.74) is 5.40. The Morgan fingerprint density at radius 2 is 1.61 bits per heavy atom. The number of hydrogen-bond donors (Lipinski definition) is 2. The molecule has 4 heteroatoms. The van der Waals surface area contributed by atoms with E-state index in [2.05, 4.69) is 10.6 Å². The van der Waals surface area contributed by atoms with Crippen LogP contribution < -0.4 is 10.6 Å². The van der Waals surface area contributed by atoms with E-state index < -0.39 is 0 Å². The molecule has 1 aliphatic rings. The van der Waals surface area contributed by atoms with E-state index in [9.17, 15) is 9.59 Å². The highest BCUT2D eigenvalue weighted by molar-refractivity contribution is 6.05. The van der Waals surface area contributed by atoms with Crippen LogP contribution in [0.3, 0.4) is 0 Å². The van der Waals surface area contributed by atoms with Gasteiger partial charge in [0.1, 0.15) is 0 Å². The largest absolute Gasteiger partial charge is 0.355 e. The average molecular weight is 308 g/mol. The Morgan fingerprint density at radius 3 is 2.39 bits per heavy atom. The predicted octanol–water partition coefficient (Wildman–Crippen LogP) is 3.10. The molecule has 0 aromatic heterocycles. The number of aryl methyl sites for hydroxylation is 3. The quantitative estimate of drug-likeness (QED) is 0.915. The first-order chi connectivity index (χ1) is 11.1. The number of rotatable bonds is 3. The summed E-state index contributed by atoms with van der Waals surface area (Å²) in [7, 11) is 1.59. The van der Waals surface area contributed by atoms with Crippen LogP contribution in [0.25, 0.3) is 0 Å². The van der Waals surface area contributed by atoms with Gasteiger partial charge in [0, 0.05) is 23.9 Å². The zero-order chi connectivity index (χ0) is 16.4. The average Bonchev–Trinajstić information content (AvgIpc) is 3.03. The van der Waals surface area contributed by atoms with E-state index in [0.717, 1.165) is 24.8 Å². The first kappa shape index (κ1) is 15.3.